The molecule has 2 unspecified atom stereocenters. The molecule has 3 nitrogen and oxygen atoms in total. The smallest absolute Gasteiger partial charge is 0.303 e. The van der Waals surface area contributed by atoms with Crippen LogP contribution in [0.1, 0.15) is 26.7 Å². The average molecular weight is 245 g/mol. The number of carboxylic acid groups (broad SMARTS) is 1. The van der Waals surface area contributed by atoms with E-state index in [-0.39, 0.29) is 17.8 Å². The molecule has 0 bridgehead atoms. The van der Waals surface area contributed by atoms with Gasteiger partial charge in [-0.2, -0.15) is 0 Å². The molecule has 0 saturated heterocycles. The molecule has 2 aliphatic rings. The molecule has 0 aromatic heterocycles. The van der Waals surface area contributed by atoms with E-state index in [4.69, 9.17) is 11.5 Å². The third-order valence-electron chi connectivity index (χ3n) is 4.52. The summed E-state index contributed by atoms with van der Waals surface area (Å²) in [6.45, 7) is 4.33. The highest BCUT2D eigenvalue weighted by Gasteiger charge is 2.51. The van der Waals surface area contributed by atoms with E-state index < -0.39 is 5.97 Å². The number of hydrogen-bond donors (Lipinski definition) is 1. The van der Waals surface area contributed by atoms with Gasteiger partial charge < -0.3 is 10.0 Å². The second-order valence-corrected chi connectivity index (χ2v) is 5.41. The second kappa shape index (κ2) is 4.20. The van der Waals surface area contributed by atoms with Crippen molar-refractivity contribution in [2.45, 2.75) is 26.7 Å². The number of aliphatic carboxylic acids is 1. The Morgan fingerprint density at radius 1 is 1.67 bits per heavy atom. The van der Waals surface area contributed by atoms with E-state index in [9.17, 15) is 4.79 Å². The van der Waals surface area contributed by atoms with Crippen molar-refractivity contribution >= 4 is 5.97 Å². The van der Waals surface area contributed by atoms with Crippen molar-refractivity contribution in [3.8, 4) is 12.3 Å². The van der Waals surface area contributed by atoms with Crippen LogP contribution >= 0.6 is 0 Å². The van der Waals surface area contributed by atoms with E-state index in [1.165, 1.54) is 11.3 Å². The van der Waals surface area contributed by atoms with Gasteiger partial charge in [-0.3, -0.25) is 4.79 Å². The van der Waals surface area contributed by atoms with Gasteiger partial charge in [0.2, 0.25) is 0 Å². The summed E-state index contributed by atoms with van der Waals surface area (Å²) in [6.07, 6.45) is 10.5. The highest BCUT2D eigenvalue weighted by molar-refractivity contribution is 5.67. The van der Waals surface area contributed by atoms with Crippen LogP contribution in [0, 0.1) is 29.6 Å². The lowest BCUT2D eigenvalue weighted by atomic mass is 9.55. The molecule has 0 aromatic rings. The predicted molar refractivity (Wildman–Crippen MR) is 70.4 cm³/mol. The van der Waals surface area contributed by atoms with Crippen LogP contribution in [0.5, 0.6) is 0 Å². The Labute approximate surface area is 108 Å². The molecule has 1 N–H and O–H groups in total. The molecule has 0 fully saturated rings. The first-order valence-corrected chi connectivity index (χ1v) is 6.25. The zero-order chi connectivity index (χ0) is 13.5. The predicted octanol–water partition coefficient (Wildman–Crippen LogP) is 2.47. The monoisotopic (exact) mass is 245 g/mol. The summed E-state index contributed by atoms with van der Waals surface area (Å²) in [5, 5.41) is 8.81. The number of fused-ring (bicyclic) bond motifs is 1. The van der Waals surface area contributed by atoms with Crippen molar-refractivity contribution in [3.05, 3.63) is 23.5 Å². The van der Waals surface area contributed by atoms with Gasteiger partial charge in [0.05, 0.1) is 5.92 Å². The number of allylic oxidation sites excluding steroid dienone is 3. The highest BCUT2D eigenvalue weighted by atomic mass is 16.4. The highest BCUT2D eigenvalue weighted by Crippen LogP contribution is 2.57. The standard InChI is InChI=1S/C15H19NO2/c1-5-12-8-13-15(12,3)10(2)11(9-16(13)4)6-7-14(17)18/h1,8-10,12H,6-7H2,2-4H3,(H,17,18)/t10?,12-,15?/m0/s1. The Balaban J connectivity index is 2.26. The van der Waals surface area contributed by atoms with Crippen LogP contribution in [0.3, 0.4) is 0 Å². The molecule has 18 heavy (non-hydrogen) atoms. The van der Waals surface area contributed by atoms with Crippen molar-refractivity contribution in [3.63, 3.8) is 0 Å². The normalized spacial score (nSPS) is 33.8. The fourth-order valence-corrected chi connectivity index (χ4v) is 3.13. The zero-order valence-corrected chi connectivity index (χ0v) is 11.1. The molecule has 0 aromatic carbocycles. The minimum atomic E-state index is -0.751. The molecule has 2 rings (SSSR count). The van der Waals surface area contributed by atoms with Crippen molar-refractivity contribution in [2.75, 3.05) is 7.05 Å². The fourth-order valence-electron chi connectivity index (χ4n) is 3.13. The third kappa shape index (κ3) is 1.64. The molecule has 1 aliphatic carbocycles. The maximum Gasteiger partial charge on any atom is 0.303 e. The van der Waals surface area contributed by atoms with Crippen LogP contribution in [0.4, 0.5) is 0 Å². The summed E-state index contributed by atoms with van der Waals surface area (Å²) < 4.78 is 0. The van der Waals surface area contributed by atoms with Crippen molar-refractivity contribution in [1.82, 2.24) is 4.90 Å². The van der Waals surface area contributed by atoms with Crippen molar-refractivity contribution in [1.29, 1.82) is 0 Å². The summed E-state index contributed by atoms with van der Waals surface area (Å²) in [7, 11) is 2.00. The van der Waals surface area contributed by atoms with Crippen molar-refractivity contribution < 1.29 is 9.90 Å². The molecular weight excluding hydrogens is 226 g/mol. The summed E-state index contributed by atoms with van der Waals surface area (Å²) in [5.41, 5.74) is 2.41. The third-order valence-corrected chi connectivity index (χ3v) is 4.52. The maximum atomic E-state index is 10.7. The van der Waals surface area contributed by atoms with Crippen molar-refractivity contribution in [2.24, 2.45) is 17.3 Å². The van der Waals surface area contributed by atoms with E-state index in [1.807, 2.05) is 7.05 Å². The quantitative estimate of drug-likeness (QED) is 0.776. The Hall–Kier alpha value is -1.69. The first-order valence-electron chi connectivity index (χ1n) is 6.25. The van der Waals surface area contributed by atoms with E-state index in [2.05, 4.69) is 36.9 Å². The lowest BCUT2D eigenvalue weighted by molar-refractivity contribution is -0.137. The summed E-state index contributed by atoms with van der Waals surface area (Å²) in [5.74, 6) is 2.53. The topological polar surface area (TPSA) is 40.5 Å². The number of nitrogens with zero attached hydrogens (tertiary/aromatic N) is 1. The largest absolute Gasteiger partial charge is 0.481 e. The fraction of sp³-hybridized carbons (Fsp3) is 0.533. The lowest BCUT2D eigenvalue weighted by Crippen LogP contribution is -2.49. The van der Waals surface area contributed by atoms with Gasteiger partial charge >= 0.3 is 5.97 Å². The average Bonchev–Trinajstić information content (AvgIpc) is 2.30. The Kier molecular flexibility index (Phi) is 2.98. The summed E-state index contributed by atoms with van der Waals surface area (Å²) in [6, 6.07) is 0. The number of terminal acetylenes is 1. The lowest BCUT2D eigenvalue weighted by Gasteiger charge is -2.54. The number of hydrogen-bond acceptors (Lipinski definition) is 2. The number of rotatable bonds is 3. The molecule has 1 heterocycles. The van der Waals surface area contributed by atoms with Crippen LogP contribution in [-0.4, -0.2) is 23.0 Å². The summed E-state index contributed by atoms with van der Waals surface area (Å²) >= 11 is 0. The molecule has 96 valence electrons. The van der Waals surface area contributed by atoms with Crippen LogP contribution < -0.4 is 0 Å². The molecule has 1 aliphatic heterocycles. The van der Waals surface area contributed by atoms with Gasteiger partial charge in [0.1, 0.15) is 0 Å². The van der Waals surface area contributed by atoms with Gasteiger partial charge in [0.25, 0.3) is 0 Å². The van der Waals surface area contributed by atoms with Crippen LogP contribution in [0.25, 0.3) is 0 Å². The molecular formula is C15H19NO2. The van der Waals surface area contributed by atoms with E-state index in [0.717, 1.165) is 0 Å². The first kappa shape index (κ1) is 12.8. The number of carboxylic acids is 1. The zero-order valence-electron chi connectivity index (χ0n) is 11.1. The molecule has 0 amide bonds. The molecule has 0 spiro atoms. The minimum Gasteiger partial charge on any atom is -0.481 e. The van der Waals surface area contributed by atoms with E-state index in [1.54, 1.807) is 0 Å². The van der Waals surface area contributed by atoms with Crippen LogP contribution in [0.2, 0.25) is 0 Å². The Morgan fingerprint density at radius 2 is 2.33 bits per heavy atom. The van der Waals surface area contributed by atoms with Gasteiger partial charge in [-0.15, -0.1) is 6.42 Å². The molecule has 0 saturated carbocycles. The van der Waals surface area contributed by atoms with Gasteiger partial charge in [0.15, 0.2) is 0 Å². The van der Waals surface area contributed by atoms with Gasteiger partial charge in [0, 0.05) is 30.8 Å². The Bertz CT molecular complexity index is 483. The minimum absolute atomic E-state index is 0.0356. The molecule has 3 atom stereocenters. The maximum absolute atomic E-state index is 10.7. The number of carbonyl (C=O) groups is 1. The molecule has 3 heteroatoms. The first-order chi connectivity index (χ1) is 8.41. The van der Waals surface area contributed by atoms with Crippen LogP contribution in [0.15, 0.2) is 23.5 Å². The van der Waals surface area contributed by atoms with Gasteiger partial charge in [-0.25, -0.2) is 0 Å². The van der Waals surface area contributed by atoms with Gasteiger partial charge in [-0.1, -0.05) is 19.8 Å². The summed E-state index contributed by atoms with van der Waals surface area (Å²) in [4.78, 5) is 12.8. The van der Waals surface area contributed by atoms with Crippen LogP contribution in [-0.2, 0) is 4.79 Å². The Morgan fingerprint density at radius 3 is 2.89 bits per heavy atom. The van der Waals surface area contributed by atoms with Gasteiger partial charge in [-0.05, 0) is 24.0 Å². The SMILES string of the molecule is C#C[C@H]1C=C2N(C)C=C(CCC(=O)O)C(C)C21C. The van der Waals surface area contributed by atoms with E-state index in [0.29, 0.717) is 12.3 Å². The molecule has 0 radical (unpaired) electrons. The van der Waals surface area contributed by atoms with E-state index >= 15 is 0 Å². The second-order valence-electron chi connectivity index (χ2n) is 5.41.